The highest BCUT2D eigenvalue weighted by Crippen LogP contribution is 2.64. The average molecular weight is 453 g/mol. The number of ether oxygens (including phenoxy) is 1. The van der Waals surface area contributed by atoms with Crippen LogP contribution < -0.4 is 0 Å². The van der Waals surface area contributed by atoms with Gasteiger partial charge in [-0.1, -0.05) is 30.7 Å². The first-order valence-electron chi connectivity index (χ1n) is 12.1. The summed E-state index contributed by atoms with van der Waals surface area (Å²) in [5.41, 5.74) is 2.90. The molecule has 1 N–H and O–H groups in total. The summed E-state index contributed by atoms with van der Waals surface area (Å²) in [6.45, 7) is 4.70. The van der Waals surface area contributed by atoms with Crippen molar-refractivity contribution in [3.8, 4) is 0 Å². The third kappa shape index (κ3) is 3.47. The number of benzene rings is 1. The standard InChI is InChI=1S/C26H32N2O5/c1-25-13-11-19(33-24(29)16-3-6-18(7-4-16)28(31)32)15-17(25)5-8-20-21-9-10-23(27-30)26(21,2)14-12-22(20)25/h3-7,19-22,30H,8-15H2,1-2H3/t19?,20-,21-,22+,25-,26-/m0/s1. The lowest BCUT2D eigenvalue weighted by Gasteiger charge is -2.57. The van der Waals surface area contributed by atoms with Gasteiger partial charge in [0.15, 0.2) is 0 Å². The molecule has 1 aromatic carbocycles. The second-order valence-corrected chi connectivity index (χ2v) is 10.9. The Hall–Kier alpha value is -2.70. The van der Waals surface area contributed by atoms with Crippen molar-refractivity contribution in [1.29, 1.82) is 0 Å². The van der Waals surface area contributed by atoms with Crippen molar-refractivity contribution in [3.05, 3.63) is 51.6 Å². The second kappa shape index (κ2) is 7.96. The Kier molecular flexibility index (Phi) is 5.33. The summed E-state index contributed by atoms with van der Waals surface area (Å²) in [5, 5.41) is 24.0. The van der Waals surface area contributed by atoms with Gasteiger partial charge in [0.05, 0.1) is 16.2 Å². The van der Waals surface area contributed by atoms with E-state index in [1.165, 1.54) is 29.8 Å². The fourth-order valence-corrected chi connectivity index (χ4v) is 7.62. The molecule has 1 unspecified atom stereocenters. The van der Waals surface area contributed by atoms with Gasteiger partial charge in [-0.3, -0.25) is 10.1 Å². The number of carbonyl (C=O) groups is 1. The molecule has 0 aromatic heterocycles. The van der Waals surface area contributed by atoms with E-state index < -0.39 is 10.9 Å². The lowest BCUT2D eigenvalue weighted by atomic mass is 9.48. The van der Waals surface area contributed by atoms with Crippen molar-refractivity contribution in [3.63, 3.8) is 0 Å². The van der Waals surface area contributed by atoms with Crippen LogP contribution in [0.5, 0.6) is 0 Å². The number of hydrogen-bond acceptors (Lipinski definition) is 6. The van der Waals surface area contributed by atoms with Gasteiger partial charge in [-0.25, -0.2) is 4.79 Å². The van der Waals surface area contributed by atoms with Crippen LogP contribution in [0, 0.1) is 38.7 Å². The fraction of sp³-hybridized carbons (Fsp3) is 0.615. The molecule has 4 aliphatic rings. The molecule has 4 aliphatic carbocycles. The second-order valence-electron chi connectivity index (χ2n) is 10.9. The highest BCUT2D eigenvalue weighted by molar-refractivity contribution is 5.92. The molecule has 0 saturated heterocycles. The van der Waals surface area contributed by atoms with Gasteiger partial charge in [0.25, 0.3) is 5.69 Å². The summed E-state index contributed by atoms with van der Waals surface area (Å²) < 4.78 is 5.83. The van der Waals surface area contributed by atoms with Crippen LogP contribution in [0.1, 0.15) is 75.6 Å². The maximum atomic E-state index is 12.6. The van der Waals surface area contributed by atoms with Crippen LogP contribution in [0.2, 0.25) is 0 Å². The van der Waals surface area contributed by atoms with Crippen LogP contribution in [-0.4, -0.2) is 27.9 Å². The molecule has 0 spiro atoms. The Labute approximate surface area is 194 Å². The van der Waals surface area contributed by atoms with E-state index in [1.54, 1.807) is 0 Å². The number of fused-ring (bicyclic) bond motifs is 5. The first-order valence-corrected chi connectivity index (χ1v) is 12.1. The van der Waals surface area contributed by atoms with Crippen molar-refractivity contribution < 1.29 is 19.7 Å². The number of rotatable bonds is 3. The van der Waals surface area contributed by atoms with E-state index in [-0.39, 0.29) is 22.6 Å². The van der Waals surface area contributed by atoms with E-state index in [2.05, 4.69) is 25.1 Å². The van der Waals surface area contributed by atoms with E-state index in [9.17, 15) is 20.1 Å². The number of non-ortho nitro benzene ring substituents is 1. The zero-order valence-corrected chi connectivity index (χ0v) is 19.3. The minimum absolute atomic E-state index is 0.0368. The largest absolute Gasteiger partial charge is 0.458 e. The van der Waals surface area contributed by atoms with Crippen LogP contribution in [0.15, 0.2) is 41.1 Å². The molecule has 33 heavy (non-hydrogen) atoms. The van der Waals surface area contributed by atoms with Crippen LogP contribution in [0.25, 0.3) is 0 Å². The molecular formula is C26H32N2O5. The number of allylic oxidation sites excluding steroid dienone is 1. The molecule has 6 atom stereocenters. The SMILES string of the molecule is C[C@]12CCC(OC(=O)c3ccc([N+](=O)[O-])cc3)CC1=CC[C@@H]1[C@H]2CC[C@]2(C)C(=NO)CC[C@@H]12. The maximum Gasteiger partial charge on any atom is 0.338 e. The van der Waals surface area contributed by atoms with Crippen LogP contribution in [-0.2, 0) is 4.74 Å². The Bertz CT molecular complexity index is 1030. The molecule has 0 bridgehead atoms. The molecule has 0 aliphatic heterocycles. The van der Waals surface area contributed by atoms with Gasteiger partial charge >= 0.3 is 5.97 Å². The van der Waals surface area contributed by atoms with Crippen molar-refractivity contribution in [2.24, 2.45) is 33.7 Å². The van der Waals surface area contributed by atoms with Gasteiger partial charge in [0, 0.05) is 24.0 Å². The molecule has 3 saturated carbocycles. The lowest BCUT2D eigenvalue weighted by molar-refractivity contribution is -0.384. The molecule has 5 rings (SSSR count). The molecule has 1 aromatic rings. The number of carbonyl (C=O) groups excluding carboxylic acids is 1. The number of nitro groups is 1. The van der Waals surface area contributed by atoms with Crippen LogP contribution in [0.4, 0.5) is 5.69 Å². The van der Waals surface area contributed by atoms with Crippen molar-refractivity contribution in [2.75, 3.05) is 0 Å². The van der Waals surface area contributed by atoms with Crippen LogP contribution >= 0.6 is 0 Å². The molecule has 7 heteroatoms. The molecule has 0 radical (unpaired) electrons. The Balaban J connectivity index is 1.29. The first-order chi connectivity index (χ1) is 15.8. The molecule has 7 nitrogen and oxygen atoms in total. The minimum Gasteiger partial charge on any atom is -0.458 e. The summed E-state index contributed by atoms with van der Waals surface area (Å²) in [7, 11) is 0. The highest BCUT2D eigenvalue weighted by atomic mass is 16.6. The minimum atomic E-state index is -0.475. The number of hydrogen-bond donors (Lipinski definition) is 1. The Morgan fingerprint density at radius 3 is 2.52 bits per heavy atom. The fourth-order valence-electron chi connectivity index (χ4n) is 7.62. The van der Waals surface area contributed by atoms with Crippen molar-refractivity contribution >= 4 is 17.4 Å². The topological polar surface area (TPSA) is 102 Å². The quantitative estimate of drug-likeness (QED) is 0.202. The maximum absolute atomic E-state index is 12.6. The predicted molar refractivity (Wildman–Crippen MR) is 123 cm³/mol. The van der Waals surface area contributed by atoms with Gasteiger partial charge in [0.2, 0.25) is 0 Å². The normalized spacial score (nSPS) is 38.6. The Morgan fingerprint density at radius 2 is 1.82 bits per heavy atom. The zero-order valence-electron chi connectivity index (χ0n) is 19.3. The smallest absolute Gasteiger partial charge is 0.338 e. The van der Waals surface area contributed by atoms with Gasteiger partial charge in [-0.15, -0.1) is 0 Å². The van der Waals surface area contributed by atoms with E-state index in [1.807, 2.05) is 0 Å². The summed E-state index contributed by atoms with van der Waals surface area (Å²) in [6, 6.07) is 5.60. The van der Waals surface area contributed by atoms with Gasteiger partial charge in [-0.2, -0.15) is 0 Å². The number of nitrogens with zero attached hydrogens (tertiary/aromatic N) is 2. The molecular weight excluding hydrogens is 420 g/mol. The highest BCUT2D eigenvalue weighted by Gasteiger charge is 2.58. The first kappa shape index (κ1) is 22.1. The van der Waals surface area contributed by atoms with E-state index in [4.69, 9.17) is 4.74 Å². The van der Waals surface area contributed by atoms with Gasteiger partial charge < -0.3 is 9.94 Å². The predicted octanol–water partition coefficient (Wildman–Crippen LogP) is 5.91. The lowest BCUT2D eigenvalue weighted by Crippen LogP contribution is -2.50. The van der Waals surface area contributed by atoms with Gasteiger partial charge in [-0.05, 0) is 80.2 Å². The molecule has 0 amide bonds. The van der Waals surface area contributed by atoms with Crippen LogP contribution in [0.3, 0.4) is 0 Å². The van der Waals surface area contributed by atoms with E-state index in [0.717, 1.165) is 57.1 Å². The summed E-state index contributed by atoms with van der Waals surface area (Å²) in [5.74, 6) is 1.41. The van der Waals surface area contributed by atoms with Crippen molar-refractivity contribution in [1.82, 2.24) is 0 Å². The number of oxime groups is 1. The van der Waals surface area contributed by atoms with E-state index in [0.29, 0.717) is 23.3 Å². The van der Waals surface area contributed by atoms with Crippen molar-refractivity contribution in [2.45, 2.75) is 71.3 Å². The monoisotopic (exact) mass is 452 g/mol. The van der Waals surface area contributed by atoms with Gasteiger partial charge in [0.1, 0.15) is 6.10 Å². The zero-order chi connectivity index (χ0) is 23.4. The number of esters is 1. The average Bonchev–Trinajstić information content (AvgIpc) is 3.15. The molecule has 0 heterocycles. The third-order valence-corrected chi connectivity index (χ3v) is 9.51. The summed E-state index contributed by atoms with van der Waals surface area (Å²) >= 11 is 0. The Morgan fingerprint density at radius 1 is 1.12 bits per heavy atom. The molecule has 176 valence electrons. The summed E-state index contributed by atoms with van der Waals surface area (Å²) in [6.07, 6.45) is 10.2. The number of nitro benzene ring substituents is 1. The van der Waals surface area contributed by atoms with E-state index >= 15 is 0 Å². The molecule has 3 fully saturated rings. The third-order valence-electron chi connectivity index (χ3n) is 9.51. The summed E-state index contributed by atoms with van der Waals surface area (Å²) in [4.78, 5) is 23.0.